The molecule has 0 saturated heterocycles. The molecule has 0 saturated carbocycles. The van der Waals surface area contributed by atoms with Crippen LogP contribution in [0, 0.1) is 5.92 Å². The summed E-state index contributed by atoms with van der Waals surface area (Å²) >= 11 is 0. The third-order valence-electron chi connectivity index (χ3n) is 2.03. The normalized spacial score (nSPS) is 21.8. The van der Waals surface area contributed by atoms with Crippen LogP contribution in [0.3, 0.4) is 0 Å². The van der Waals surface area contributed by atoms with Crippen molar-refractivity contribution in [2.75, 3.05) is 0 Å². The molecule has 1 aliphatic carbocycles. The van der Waals surface area contributed by atoms with Crippen LogP contribution in [-0.4, -0.2) is 5.91 Å². The standard InChI is InChI=1S/C10H15NO/c1-3-9-4-6-10(7-5-9)11-8(2)12/h4,6-7,9H,3,5H2,1-2H3,(H,11,12). The summed E-state index contributed by atoms with van der Waals surface area (Å²) < 4.78 is 0. The van der Waals surface area contributed by atoms with Gasteiger partial charge in [-0.15, -0.1) is 0 Å². The molecule has 0 aromatic rings. The number of hydrogen-bond acceptors (Lipinski definition) is 1. The number of hydrogen-bond donors (Lipinski definition) is 1. The Kier molecular flexibility index (Phi) is 3.09. The molecule has 1 rings (SSSR count). The van der Waals surface area contributed by atoms with Crippen molar-refractivity contribution in [3.63, 3.8) is 0 Å². The fraction of sp³-hybridized carbons (Fsp3) is 0.500. The van der Waals surface area contributed by atoms with Crippen molar-refractivity contribution in [2.24, 2.45) is 5.92 Å². The maximum atomic E-state index is 10.7. The molecule has 1 aliphatic rings. The molecule has 0 fully saturated rings. The van der Waals surface area contributed by atoms with Crippen LogP contribution < -0.4 is 5.32 Å². The minimum Gasteiger partial charge on any atom is -0.327 e. The zero-order valence-corrected chi connectivity index (χ0v) is 7.63. The lowest BCUT2D eigenvalue weighted by atomic mass is 9.97. The number of carbonyl (C=O) groups is 1. The van der Waals surface area contributed by atoms with E-state index in [2.05, 4.69) is 24.4 Å². The van der Waals surface area contributed by atoms with E-state index in [4.69, 9.17) is 0 Å². The molecule has 0 radical (unpaired) electrons. The molecule has 1 amide bonds. The van der Waals surface area contributed by atoms with Gasteiger partial charge in [-0.25, -0.2) is 0 Å². The minimum absolute atomic E-state index is 0.000786. The molecule has 2 heteroatoms. The molecule has 1 atom stereocenters. The number of nitrogens with one attached hydrogen (secondary N) is 1. The van der Waals surface area contributed by atoms with Crippen LogP contribution in [0.25, 0.3) is 0 Å². The van der Waals surface area contributed by atoms with Gasteiger partial charge in [0.2, 0.25) is 5.91 Å². The minimum atomic E-state index is 0.000786. The molecule has 66 valence electrons. The Balaban J connectivity index is 2.46. The van der Waals surface area contributed by atoms with E-state index in [0.29, 0.717) is 5.92 Å². The van der Waals surface area contributed by atoms with Gasteiger partial charge in [-0.3, -0.25) is 4.79 Å². The van der Waals surface area contributed by atoms with Gasteiger partial charge in [-0.2, -0.15) is 0 Å². The Labute approximate surface area is 73.4 Å². The molecule has 0 bridgehead atoms. The zero-order valence-electron chi connectivity index (χ0n) is 7.63. The average Bonchev–Trinajstić information content (AvgIpc) is 2.05. The third kappa shape index (κ3) is 2.53. The van der Waals surface area contributed by atoms with Crippen LogP contribution in [0.4, 0.5) is 0 Å². The van der Waals surface area contributed by atoms with Crippen LogP contribution in [0.15, 0.2) is 23.9 Å². The summed E-state index contributed by atoms with van der Waals surface area (Å²) in [5.74, 6) is 0.656. The van der Waals surface area contributed by atoms with Gasteiger partial charge in [0.15, 0.2) is 0 Å². The van der Waals surface area contributed by atoms with Crippen molar-refractivity contribution >= 4 is 5.91 Å². The Morgan fingerprint density at radius 2 is 2.50 bits per heavy atom. The topological polar surface area (TPSA) is 29.1 Å². The first-order chi connectivity index (χ1) is 5.72. The summed E-state index contributed by atoms with van der Waals surface area (Å²) in [6, 6.07) is 0. The Morgan fingerprint density at radius 3 is 2.92 bits per heavy atom. The Morgan fingerprint density at radius 1 is 1.75 bits per heavy atom. The first kappa shape index (κ1) is 9.04. The van der Waals surface area contributed by atoms with E-state index in [-0.39, 0.29) is 5.91 Å². The van der Waals surface area contributed by atoms with E-state index in [1.807, 2.05) is 6.08 Å². The molecule has 12 heavy (non-hydrogen) atoms. The van der Waals surface area contributed by atoms with Crippen molar-refractivity contribution in [2.45, 2.75) is 26.7 Å². The van der Waals surface area contributed by atoms with Gasteiger partial charge in [0, 0.05) is 12.6 Å². The highest BCUT2D eigenvalue weighted by Crippen LogP contribution is 2.17. The molecule has 1 N–H and O–H groups in total. The van der Waals surface area contributed by atoms with Crippen molar-refractivity contribution < 1.29 is 4.79 Å². The van der Waals surface area contributed by atoms with E-state index in [1.54, 1.807) is 0 Å². The number of allylic oxidation sites excluding steroid dienone is 3. The molecule has 2 nitrogen and oxygen atoms in total. The van der Waals surface area contributed by atoms with Crippen LogP contribution in [0.2, 0.25) is 0 Å². The highest BCUT2D eigenvalue weighted by Gasteiger charge is 2.06. The van der Waals surface area contributed by atoms with Crippen molar-refractivity contribution in [3.05, 3.63) is 23.9 Å². The number of carbonyl (C=O) groups excluding carboxylic acids is 1. The van der Waals surface area contributed by atoms with Crippen molar-refractivity contribution in [1.29, 1.82) is 0 Å². The van der Waals surface area contributed by atoms with E-state index in [9.17, 15) is 4.79 Å². The van der Waals surface area contributed by atoms with E-state index < -0.39 is 0 Å². The van der Waals surface area contributed by atoms with Crippen molar-refractivity contribution in [1.82, 2.24) is 5.32 Å². The van der Waals surface area contributed by atoms with Gasteiger partial charge in [-0.1, -0.05) is 19.1 Å². The highest BCUT2D eigenvalue weighted by molar-refractivity contribution is 5.75. The molecule has 0 aromatic carbocycles. The second-order valence-electron chi connectivity index (χ2n) is 3.10. The summed E-state index contributed by atoms with van der Waals surface area (Å²) in [4.78, 5) is 10.7. The van der Waals surface area contributed by atoms with Crippen LogP contribution >= 0.6 is 0 Å². The fourth-order valence-corrected chi connectivity index (χ4v) is 1.26. The monoisotopic (exact) mass is 165 g/mol. The third-order valence-corrected chi connectivity index (χ3v) is 2.03. The average molecular weight is 165 g/mol. The first-order valence-electron chi connectivity index (χ1n) is 4.38. The molecule has 0 aliphatic heterocycles. The molecule has 0 aromatic heterocycles. The van der Waals surface area contributed by atoms with Gasteiger partial charge in [0.1, 0.15) is 0 Å². The van der Waals surface area contributed by atoms with Crippen molar-refractivity contribution in [3.8, 4) is 0 Å². The molecule has 0 heterocycles. The molecular formula is C10H15NO. The summed E-state index contributed by atoms with van der Waals surface area (Å²) in [5, 5.41) is 2.76. The van der Waals surface area contributed by atoms with Gasteiger partial charge in [0.25, 0.3) is 0 Å². The van der Waals surface area contributed by atoms with Gasteiger partial charge < -0.3 is 5.32 Å². The van der Waals surface area contributed by atoms with Crippen LogP contribution in [0.1, 0.15) is 26.7 Å². The van der Waals surface area contributed by atoms with E-state index in [1.165, 1.54) is 13.3 Å². The maximum absolute atomic E-state index is 10.7. The lowest BCUT2D eigenvalue weighted by molar-refractivity contribution is -0.118. The highest BCUT2D eigenvalue weighted by atomic mass is 16.1. The van der Waals surface area contributed by atoms with E-state index in [0.717, 1.165) is 12.1 Å². The predicted octanol–water partition coefficient (Wildman–Crippen LogP) is 1.99. The van der Waals surface area contributed by atoms with Gasteiger partial charge in [-0.05, 0) is 24.8 Å². The second kappa shape index (κ2) is 4.10. The lowest BCUT2D eigenvalue weighted by Gasteiger charge is -2.13. The second-order valence-corrected chi connectivity index (χ2v) is 3.10. The largest absolute Gasteiger partial charge is 0.327 e. The molecule has 0 spiro atoms. The molecular weight excluding hydrogens is 150 g/mol. The summed E-state index contributed by atoms with van der Waals surface area (Å²) in [6.07, 6.45) is 8.43. The lowest BCUT2D eigenvalue weighted by Crippen LogP contribution is -2.19. The smallest absolute Gasteiger partial charge is 0.221 e. The maximum Gasteiger partial charge on any atom is 0.221 e. The summed E-state index contributed by atoms with van der Waals surface area (Å²) in [5.41, 5.74) is 0.937. The van der Waals surface area contributed by atoms with E-state index >= 15 is 0 Å². The van der Waals surface area contributed by atoms with Crippen LogP contribution in [-0.2, 0) is 4.79 Å². The summed E-state index contributed by atoms with van der Waals surface area (Å²) in [7, 11) is 0. The number of rotatable bonds is 2. The Hall–Kier alpha value is -1.05. The predicted molar refractivity (Wildman–Crippen MR) is 49.4 cm³/mol. The SMILES string of the molecule is CCC1C=CC(NC(C)=O)=CC1. The zero-order chi connectivity index (χ0) is 8.97. The Bertz CT molecular complexity index is 228. The fourth-order valence-electron chi connectivity index (χ4n) is 1.26. The van der Waals surface area contributed by atoms with Gasteiger partial charge in [0.05, 0.1) is 0 Å². The molecule has 1 unspecified atom stereocenters. The quantitative estimate of drug-likeness (QED) is 0.666. The van der Waals surface area contributed by atoms with Gasteiger partial charge >= 0.3 is 0 Å². The number of amides is 1. The summed E-state index contributed by atoms with van der Waals surface area (Å²) in [6.45, 7) is 3.70. The van der Waals surface area contributed by atoms with Crippen LogP contribution in [0.5, 0.6) is 0 Å². The first-order valence-corrected chi connectivity index (χ1v) is 4.38.